The Morgan fingerprint density at radius 1 is 1.16 bits per heavy atom. The van der Waals surface area contributed by atoms with Crippen molar-refractivity contribution in [1.82, 2.24) is 24.6 Å². The Balaban J connectivity index is 1.11. The van der Waals surface area contributed by atoms with Crippen LogP contribution in [0.2, 0.25) is 0 Å². The summed E-state index contributed by atoms with van der Waals surface area (Å²) < 4.78 is 39.9. The zero-order chi connectivity index (χ0) is 29.9. The number of nitrogens with zero attached hydrogens (tertiary/aromatic N) is 4. The van der Waals surface area contributed by atoms with Crippen LogP contribution in [0.4, 0.5) is 14.6 Å². The van der Waals surface area contributed by atoms with Crippen molar-refractivity contribution < 1.29 is 28.2 Å². The standard InChI is InChI=1S/C31H28F2N6O4/c1-17-7-27(43-29-22(32)3-2-4-23(29)33)35-12-26(17)39-30(34)21(11-36-39)28(40)25-10-19-8-20-13-38(14-31(41)15-42-16-31)6-5-18(20)9-24(19)37-25/h2-4,7-12,37,41H,5-6,13-16,34H2,1H3. The number of aromatic nitrogens is 4. The number of nitrogens with one attached hydrogen (secondary N) is 1. The highest BCUT2D eigenvalue weighted by molar-refractivity contribution is 6.12. The van der Waals surface area contributed by atoms with Crippen LogP contribution >= 0.6 is 0 Å². The number of halogens is 2. The molecule has 2 aliphatic heterocycles. The van der Waals surface area contributed by atoms with Gasteiger partial charge in [0.1, 0.15) is 11.4 Å². The minimum absolute atomic E-state index is 0.0101. The fourth-order valence-corrected chi connectivity index (χ4v) is 5.71. The molecule has 5 aromatic rings. The van der Waals surface area contributed by atoms with Crippen LogP contribution in [0.3, 0.4) is 0 Å². The third kappa shape index (κ3) is 4.92. The number of nitrogen functional groups attached to an aromatic ring is 1. The molecule has 0 bridgehead atoms. The molecule has 7 rings (SSSR count). The van der Waals surface area contributed by atoms with E-state index in [1.165, 1.54) is 40.3 Å². The van der Waals surface area contributed by atoms with E-state index in [2.05, 4.69) is 32.1 Å². The highest BCUT2D eigenvalue weighted by atomic mass is 19.1. The maximum atomic E-state index is 14.0. The first-order valence-corrected chi connectivity index (χ1v) is 13.8. The van der Waals surface area contributed by atoms with Crippen molar-refractivity contribution in [3.63, 3.8) is 0 Å². The Labute approximate surface area is 244 Å². The summed E-state index contributed by atoms with van der Waals surface area (Å²) in [6.45, 7) is 4.60. The van der Waals surface area contributed by atoms with Crippen molar-refractivity contribution in [2.24, 2.45) is 0 Å². The fraction of sp³-hybridized carbons (Fsp3) is 0.258. The maximum Gasteiger partial charge on any atom is 0.219 e. The second-order valence-corrected chi connectivity index (χ2v) is 11.2. The molecule has 1 fully saturated rings. The van der Waals surface area contributed by atoms with Crippen molar-refractivity contribution in [1.29, 1.82) is 0 Å². The molecule has 4 N–H and O–H groups in total. The van der Waals surface area contributed by atoms with Crippen LogP contribution in [0.25, 0.3) is 16.6 Å². The van der Waals surface area contributed by atoms with E-state index in [0.717, 1.165) is 36.0 Å². The molecule has 2 aromatic carbocycles. The molecule has 2 aliphatic rings. The van der Waals surface area contributed by atoms with Gasteiger partial charge < -0.3 is 25.3 Å². The van der Waals surface area contributed by atoms with Gasteiger partial charge in [-0.05, 0) is 60.4 Å². The van der Waals surface area contributed by atoms with Crippen LogP contribution in [-0.2, 0) is 17.7 Å². The minimum Gasteiger partial charge on any atom is -0.433 e. The van der Waals surface area contributed by atoms with Gasteiger partial charge in [0.05, 0.1) is 42.6 Å². The third-order valence-corrected chi connectivity index (χ3v) is 8.00. The van der Waals surface area contributed by atoms with Gasteiger partial charge in [0.25, 0.3) is 0 Å². The molecule has 3 aromatic heterocycles. The number of carbonyl (C=O) groups excluding carboxylic acids is 1. The lowest BCUT2D eigenvalue weighted by atomic mass is 9.95. The Morgan fingerprint density at radius 3 is 2.67 bits per heavy atom. The number of fused-ring (bicyclic) bond motifs is 2. The van der Waals surface area contributed by atoms with E-state index < -0.39 is 23.0 Å². The van der Waals surface area contributed by atoms with Crippen LogP contribution in [0.1, 0.15) is 32.7 Å². The number of aliphatic hydroxyl groups is 1. The number of carbonyl (C=O) groups is 1. The Hall–Kier alpha value is -4.65. The van der Waals surface area contributed by atoms with Crippen LogP contribution in [0.15, 0.2) is 54.9 Å². The van der Waals surface area contributed by atoms with Gasteiger partial charge >= 0.3 is 0 Å². The topological polar surface area (TPSA) is 132 Å². The molecule has 10 nitrogen and oxygen atoms in total. The van der Waals surface area contributed by atoms with Gasteiger partial charge in [-0.15, -0.1) is 0 Å². The Morgan fingerprint density at radius 2 is 1.95 bits per heavy atom. The van der Waals surface area contributed by atoms with Gasteiger partial charge in [0.15, 0.2) is 11.6 Å². The minimum atomic E-state index is -0.846. The number of H-pyrrole nitrogens is 1. The summed E-state index contributed by atoms with van der Waals surface area (Å²) in [5, 5.41) is 15.7. The molecule has 1 saturated heterocycles. The van der Waals surface area contributed by atoms with Gasteiger partial charge in [-0.25, -0.2) is 18.4 Å². The predicted molar refractivity (Wildman–Crippen MR) is 153 cm³/mol. The van der Waals surface area contributed by atoms with Crippen molar-refractivity contribution in [2.45, 2.75) is 25.5 Å². The molecular weight excluding hydrogens is 558 g/mol. The van der Waals surface area contributed by atoms with Crippen LogP contribution in [0.5, 0.6) is 11.6 Å². The van der Waals surface area contributed by atoms with E-state index in [0.29, 0.717) is 43.2 Å². The number of hydrogen-bond donors (Lipinski definition) is 3. The van der Waals surface area contributed by atoms with Gasteiger partial charge in [0, 0.05) is 36.6 Å². The average Bonchev–Trinajstić information content (AvgIpc) is 3.55. The molecule has 0 radical (unpaired) electrons. The zero-order valence-corrected chi connectivity index (χ0v) is 23.2. The summed E-state index contributed by atoms with van der Waals surface area (Å²) in [7, 11) is 0. The first kappa shape index (κ1) is 27.2. The summed E-state index contributed by atoms with van der Waals surface area (Å²) >= 11 is 0. The number of benzene rings is 2. The number of aryl methyl sites for hydroxylation is 1. The number of ketones is 1. The zero-order valence-electron chi connectivity index (χ0n) is 23.2. The monoisotopic (exact) mass is 586 g/mol. The summed E-state index contributed by atoms with van der Waals surface area (Å²) in [5.74, 6) is -2.44. The second-order valence-electron chi connectivity index (χ2n) is 11.2. The number of pyridine rings is 1. The summed E-state index contributed by atoms with van der Waals surface area (Å²) in [4.78, 5) is 23.2. The molecule has 0 saturated carbocycles. The number of β-amino-alcohol motifs (C(OH)–C–C–N with tert-alkyl or cyclic N) is 1. The molecule has 0 amide bonds. The van der Waals surface area contributed by atoms with E-state index >= 15 is 0 Å². The lowest BCUT2D eigenvalue weighted by molar-refractivity contribution is -0.188. The smallest absolute Gasteiger partial charge is 0.219 e. The molecular formula is C31H28F2N6O4. The third-order valence-electron chi connectivity index (χ3n) is 8.00. The van der Waals surface area contributed by atoms with Crippen molar-refractivity contribution >= 4 is 22.5 Å². The number of hydrogen-bond acceptors (Lipinski definition) is 8. The highest BCUT2D eigenvalue weighted by Gasteiger charge is 2.38. The quantitative estimate of drug-likeness (QED) is 0.244. The van der Waals surface area contributed by atoms with Gasteiger partial charge in [-0.3, -0.25) is 9.69 Å². The number of nitrogens with two attached hydrogens (primary N) is 1. The van der Waals surface area contributed by atoms with E-state index in [4.69, 9.17) is 15.2 Å². The first-order valence-electron chi connectivity index (χ1n) is 13.8. The van der Waals surface area contributed by atoms with Crippen LogP contribution in [-0.4, -0.2) is 67.4 Å². The van der Waals surface area contributed by atoms with Gasteiger partial charge in [0.2, 0.25) is 17.4 Å². The van der Waals surface area contributed by atoms with Gasteiger partial charge in [-0.1, -0.05) is 6.07 Å². The molecule has 0 atom stereocenters. The van der Waals surface area contributed by atoms with Crippen molar-refractivity contribution in [3.05, 3.63) is 94.4 Å². The van der Waals surface area contributed by atoms with E-state index in [1.54, 1.807) is 6.92 Å². The van der Waals surface area contributed by atoms with E-state index in [-0.39, 0.29) is 23.0 Å². The molecule has 0 spiro atoms. The highest BCUT2D eigenvalue weighted by Crippen LogP contribution is 2.31. The van der Waals surface area contributed by atoms with E-state index in [9.17, 15) is 18.7 Å². The predicted octanol–water partition coefficient (Wildman–Crippen LogP) is 4.06. The van der Waals surface area contributed by atoms with Crippen LogP contribution < -0.4 is 10.5 Å². The lowest BCUT2D eigenvalue weighted by Crippen LogP contribution is -2.57. The number of aromatic amines is 1. The number of rotatable bonds is 7. The number of para-hydroxylation sites is 1. The maximum absolute atomic E-state index is 14.0. The summed E-state index contributed by atoms with van der Waals surface area (Å²) in [6.07, 6.45) is 3.66. The van der Waals surface area contributed by atoms with E-state index in [1.807, 2.05) is 6.07 Å². The number of anilines is 1. The summed E-state index contributed by atoms with van der Waals surface area (Å²) in [6, 6.07) is 10.9. The molecule has 5 heterocycles. The molecule has 12 heteroatoms. The molecule has 43 heavy (non-hydrogen) atoms. The summed E-state index contributed by atoms with van der Waals surface area (Å²) in [5.41, 5.74) is 10.5. The molecule has 220 valence electrons. The average molecular weight is 587 g/mol. The lowest BCUT2D eigenvalue weighted by Gasteiger charge is -2.41. The first-order chi connectivity index (χ1) is 20.7. The van der Waals surface area contributed by atoms with Gasteiger partial charge in [-0.2, -0.15) is 5.10 Å². The van der Waals surface area contributed by atoms with Crippen LogP contribution in [0, 0.1) is 18.6 Å². The fourth-order valence-electron chi connectivity index (χ4n) is 5.71. The normalized spacial score (nSPS) is 16.2. The molecule has 0 aliphatic carbocycles. The Bertz CT molecular complexity index is 1880. The second kappa shape index (κ2) is 10.3. The number of ether oxygens (including phenoxy) is 2. The van der Waals surface area contributed by atoms with Crippen molar-refractivity contribution in [3.8, 4) is 17.3 Å². The SMILES string of the molecule is Cc1cc(Oc2c(F)cccc2F)ncc1-n1ncc(C(=O)c2cc3cc4c(cc3[nH]2)CCN(CC2(O)COC2)C4)c1N. The van der Waals surface area contributed by atoms with Crippen molar-refractivity contribution in [2.75, 3.05) is 32.0 Å². The Kier molecular flexibility index (Phi) is 6.49. The largest absolute Gasteiger partial charge is 0.433 e. The molecule has 0 unspecified atom stereocenters.